The second-order valence-corrected chi connectivity index (χ2v) is 4.87. The van der Waals surface area contributed by atoms with E-state index in [1.807, 2.05) is 0 Å². The molecular weight excluding hydrogens is 202 g/mol. The summed E-state index contributed by atoms with van der Waals surface area (Å²) in [6.07, 6.45) is 2.09. The lowest BCUT2D eigenvalue weighted by molar-refractivity contribution is -0.124. The molecule has 0 bridgehead atoms. The molecule has 0 radical (unpaired) electrons. The summed E-state index contributed by atoms with van der Waals surface area (Å²) < 4.78 is 5.26. The van der Waals surface area contributed by atoms with Gasteiger partial charge in [-0.1, -0.05) is 27.2 Å². The first-order chi connectivity index (χ1) is 7.67. The van der Waals surface area contributed by atoms with Crippen molar-refractivity contribution >= 4 is 5.78 Å². The van der Waals surface area contributed by atoms with Gasteiger partial charge in [0.05, 0.1) is 13.2 Å². The Bertz CT molecular complexity index is 212. The molecule has 3 nitrogen and oxygen atoms in total. The fraction of sp³-hybridized carbons (Fsp3) is 0.923. The molecule has 0 aromatic carbocycles. The molecule has 1 heterocycles. The number of ether oxygens (including phenoxy) is 1. The zero-order valence-electron chi connectivity index (χ0n) is 10.9. The summed E-state index contributed by atoms with van der Waals surface area (Å²) in [7, 11) is 0. The highest BCUT2D eigenvalue weighted by Crippen LogP contribution is 2.14. The van der Waals surface area contributed by atoms with Crippen molar-refractivity contribution in [3.05, 3.63) is 0 Å². The maximum atomic E-state index is 12.0. The topological polar surface area (TPSA) is 29.5 Å². The monoisotopic (exact) mass is 227 g/mol. The van der Waals surface area contributed by atoms with Gasteiger partial charge in [-0.3, -0.25) is 9.69 Å². The molecule has 3 heteroatoms. The lowest BCUT2D eigenvalue weighted by Gasteiger charge is -2.23. The Hall–Kier alpha value is -0.410. The predicted molar refractivity (Wildman–Crippen MR) is 65.5 cm³/mol. The molecule has 0 aromatic heterocycles. The van der Waals surface area contributed by atoms with E-state index in [-0.39, 0.29) is 5.92 Å². The molecule has 0 aliphatic carbocycles. The van der Waals surface area contributed by atoms with Crippen LogP contribution in [0.1, 0.15) is 33.6 Å². The van der Waals surface area contributed by atoms with Crippen LogP contribution in [-0.4, -0.2) is 43.5 Å². The van der Waals surface area contributed by atoms with Crippen LogP contribution in [0.15, 0.2) is 0 Å². The summed E-state index contributed by atoms with van der Waals surface area (Å²) in [6.45, 7) is 10.6. The van der Waals surface area contributed by atoms with Gasteiger partial charge >= 0.3 is 0 Å². The average molecular weight is 227 g/mol. The van der Waals surface area contributed by atoms with Crippen LogP contribution in [0.4, 0.5) is 0 Å². The molecule has 0 amide bonds. The van der Waals surface area contributed by atoms with Crippen molar-refractivity contribution in [2.24, 2.45) is 11.8 Å². The number of hydrogen-bond acceptors (Lipinski definition) is 3. The summed E-state index contributed by atoms with van der Waals surface area (Å²) in [5, 5.41) is 0. The van der Waals surface area contributed by atoms with E-state index < -0.39 is 0 Å². The zero-order chi connectivity index (χ0) is 12.0. The van der Waals surface area contributed by atoms with Crippen molar-refractivity contribution in [1.29, 1.82) is 0 Å². The minimum Gasteiger partial charge on any atom is -0.381 e. The first kappa shape index (κ1) is 13.7. The molecule has 1 saturated heterocycles. The number of rotatable bonds is 7. The molecule has 16 heavy (non-hydrogen) atoms. The number of Topliss-reactive ketones (excluding diaryl/α,β-unsaturated/α-hetero) is 1. The van der Waals surface area contributed by atoms with Crippen LogP contribution in [0.5, 0.6) is 0 Å². The molecule has 0 spiro atoms. The summed E-state index contributed by atoms with van der Waals surface area (Å²) in [5.74, 6) is 1.20. The van der Waals surface area contributed by atoms with Gasteiger partial charge in [0.25, 0.3) is 0 Å². The standard InChI is InChI=1S/C13H25NO2/c1-4-11(3)8-14(5-2)9-13(15)12-6-7-16-10-12/h11-12H,4-10H2,1-3H3. The first-order valence-corrected chi connectivity index (χ1v) is 6.50. The Labute approximate surface area is 99.1 Å². The Balaban J connectivity index is 2.33. The van der Waals surface area contributed by atoms with Crippen molar-refractivity contribution in [2.75, 3.05) is 32.8 Å². The van der Waals surface area contributed by atoms with E-state index in [2.05, 4.69) is 25.7 Å². The number of ketones is 1. The lowest BCUT2D eigenvalue weighted by Crippen LogP contribution is -2.36. The highest BCUT2D eigenvalue weighted by molar-refractivity contribution is 5.83. The quantitative estimate of drug-likeness (QED) is 0.666. The van der Waals surface area contributed by atoms with Gasteiger partial charge in [-0.25, -0.2) is 0 Å². The van der Waals surface area contributed by atoms with Crippen molar-refractivity contribution in [3.8, 4) is 0 Å². The minimum atomic E-state index is 0.158. The fourth-order valence-corrected chi connectivity index (χ4v) is 2.01. The van der Waals surface area contributed by atoms with E-state index in [4.69, 9.17) is 4.74 Å². The van der Waals surface area contributed by atoms with Crippen LogP contribution in [0, 0.1) is 11.8 Å². The second kappa shape index (κ2) is 7.02. The van der Waals surface area contributed by atoms with Gasteiger partial charge in [0.15, 0.2) is 5.78 Å². The van der Waals surface area contributed by atoms with Crippen LogP contribution in [0.2, 0.25) is 0 Å². The van der Waals surface area contributed by atoms with E-state index in [9.17, 15) is 4.79 Å². The Morgan fingerprint density at radius 3 is 2.75 bits per heavy atom. The van der Waals surface area contributed by atoms with Crippen LogP contribution in [0.25, 0.3) is 0 Å². The molecule has 1 aliphatic rings. The van der Waals surface area contributed by atoms with Crippen LogP contribution in [0.3, 0.4) is 0 Å². The minimum absolute atomic E-state index is 0.158. The van der Waals surface area contributed by atoms with Gasteiger partial charge in [-0.2, -0.15) is 0 Å². The number of carbonyl (C=O) groups excluding carboxylic acids is 1. The molecule has 0 N–H and O–H groups in total. The summed E-state index contributed by atoms with van der Waals surface area (Å²) in [4.78, 5) is 14.2. The SMILES string of the molecule is CCC(C)CN(CC)CC(=O)C1CCOC1. The van der Waals surface area contributed by atoms with Gasteiger partial charge in [-0.15, -0.1) is 0 Å². The third-order valence-electron chi connectivity index (χ3n) is 3.48. The van der Waals surface area contributed by atoms with Crippen molar-refractivity contribution in [1.82, 2.24) is 4.90 Å². The summed E-state index contributed by atoms with van der Waals surface area (Å²) >= 11 is 0. The van der Waals surface area contributed by atoms with Gasteiger partial charge in [0, 0.05) is 19.1 Å². The van der Waals surface area contributed by atoms with E-state index in [1.165, 1.54) is 6.42 Å². The molecule has 1 fully saturated rings. The Morgan fingerprint density at radius 1 is 1.50 bits per heavy atom. The van der Waals surface area contributed by atoms with E-state index in [1.54, 1.807) is 0 Å². The van der Waals surface area contributed by atoms with Gasteiger partial charge in [0.2, 0.25) is 0 Å². The number of nitrogens with zero attached hydrogens (tertiary/aromatic N) is 1. The van der Waals surface area contributed by atoms with E-state index in [0.29, 0.717) is 24.9 Å². The van der Waals surface area contributed by atoms with Crippen LogP contribution >= 0.6 is 0 Å². The number of hydrogen-bond donors (Lipinski definition) is 0. The van der Waals surface area contributed by atoms with Crippen molar-refractivity contribution < 1.29 is 9.53 Å². The van der Waals surface area contributed by atoms with Crippen molar-refractivity contribution in [3.63, 3.8) is 0 Å². The molecule has 2 atom stereocenters. The smallest absolute Gasteiger partial charge is 0.152 e. The molecule has 1 aliphatic heterocycles. The Morgan fingerprint density at radius 2 is 2.25 bits per heavy atom. The zero-order valence-corrected chi connectivity index (χ0v) is 10.9. The first-order valence-electron chi connectivity index (χ1n) is 6.50. The number of likely N-dealkylation sites (N-methyl/N-ethyl adjacent to an activating group) is 1. The maximum Gasteiger partial charge on any atom is 0.152 e. The van der Waals surface area contributed by atoms with Gasteiger partial charge < -0.3 is 4.74 Å². The summed E-state index contributed by atoms with van der Waals surface area (Å²) in [6, 6.07) is 0. The number of carbonyl (C=O) groups is 1. The van der Waals surface area contributed by atoms with Crippen LogP contribution < -0.4 is 0 Å². The average Bonchev–Trinajstić information content (AvgIpc) is 2.81. The van der Waals surface area contributed by atoms with E-state index >= 15 is 0 Å². The maximum absolute atomic E-state index is 12.0. The molecule has 0 saturated carbocycles. The largest absolute Gasteiger partial charge is 0.381 e. The van der Waals surface area contributed by atoms with Gasteiger partial charge in [0.1, 0.15) is 0 Å². The second-order valence-electron chi connectivity index (χ2n) is 4.87. The molecular formula is C13H25NO2. The highest BCUT2D eigenvalue weighted by atomic mass is 16.5. The van der Waals surface area contributed by atoms with Crippen molar-refractivity contribution in [2.45, 2.75) is 33.6 Å². The molecule has 0 aromatic rings. The van der Waals surface area contributed by atoms with Crippen LogP contribution in [-0.2, 0) is 9.53 Å². The van der Waals surface area contributed by atoms with Gasteiger partial charge in [-0.05, 0) is 18.9 Å². The third kappa shape index (κ3) is 4.22. The molecule has 94 valence electrons. The predicted octanol–water partition coefficient (Wildman–Crippen LogP) is 1.96. The highest BCUT2D eigenvalue weighted by Gasteiger charge is 2.24. The summed E-state index contributed by atoms with van der Waals surface area (Å²) in [5.41, 5.74) is 0. The van der Waals surface area contributed by atoms with E-state index in [0.717, 1.165) is 26.1 Å². The normalized spacial score (nSPS) is 22.6. The fourth-order valence-electron chi connectivity index (χ4n) is 2.01. The third-order valence-corrected chi connectivity index (χ3v) is 3.48. The molecule has 1 rings (SSSR count). The lowest BCUT2D eigenvalue weighted by atomic mass is 10.0. The molecule has 2 unspecified atom stereocenters. The Kier molecular flexibility index (Phi) is 5.99.